The quantitative estimate of drug-likeness (QED) is 0.836. The predicted molar refractivity (Wildman–Crippen MR) is 56.3 cm³/mol. The zero-order chi connectivity index (χ0) is 9.80. The van der Waals surface area contributed by atoms with Gasteiger partial charge in [-0.1, -0.05) is 0 Å². The third-order valence-electron chi connectivity index (χ3n) is 2.11. The third-order valence-corrected chi connectivity index (χ3v) is 3.05. The number of nitrogens with zero attached hydrogens (tertiary/aromatic N) is 1. The van der Waals surface area contributed by atoms with Crippen molar-refractivity contribution >= 4 is 11.3 Å². The minimum Gasteiger partial charge on any atom is -0.469 e. The maximum Gasteiger partial charge on any atom is 0.104 e. The summed E-state index contributed by atoms with van der Waals surface area (Å²) >= 11 is 1.64. The van der Waals surface area contributed by atoms with Gasteiger partial charge in [-0.3, -0.25) is 0 Å². The molecule has 0 saturated carbocycles. The van der Waals surface area contributed by atoms with Gasteiger partial charge in [-0.15, -0.1) is 11.3 Å². The van der Waals surface area contributed by atoms with Gasteiger partial charge in [-0.25, -0.2) is 4.98 Å². The van der Waals surface area contributed by atoms with Crippen LogP contribution >= 0.6 is 11.3 Å². The average Bonchev–Trinajstić information content (AvgIpc) is 2.86. The Hall–Kier alpha value is -1.13. The fraction of sp³-hybridized carbons (Fsp3) is 0.300. The van der Waals surface area contributed by atoms with Crippen LogP contribution in [0.4, 0.5) is 0 Å². The van der Waals surface area contributed by atoms with Crippen LogP contribution in [0.5, 0.6) is 0 Å². The summed E-state index contributed by atoms with van der Waals surface area (Å²) in [7, 11) is 0. The molecule has 2 aromatic heterocycles. The second kappa shape index (κ2) is 4.39. The Morgan fingerprint density at radius 2 is 2.50 bits per heavy atom. The Balaban J connectivity index is 2.08. The van der Waals surface area contributed by atoms with Gasteiger partial charge in [-0.05, 0) is 12.1 Å². The molecule has 4 heteroatoms. The Morgan fingerprint density at radius 1 is 1.57 bits per heavy atom. The van der Waals surface area contributed by atoms with Crippen molar-refractivity contribution in [2.24, 2.45) is 5.73 Å². The highest BCUT2D eigenvalue weighted by Crippen LogP contribution is 2.21. The van der Waals surface area contributed by atoms with Crippen LogP contribution in [0, 0.1) is 0 Å². The van der Waals surface area contributed by atoms with Gasteiger partial charge in [0.2, 0.25) is 0 Å². The van der Waals surface area contributed by atoms with Crippen molar-refractivity contribution < 1.29 is 4.42 Å². The van der Waals surface area contributed by atoms with Gasteiger partial charge in [0.05, 0.1) is 11.3 Å². The molecule has 0 saturated heterocycles. The topological polar surface area (TPSA) is 52.0 Å². The monoisotopic (exact) mass is 208 g/mol. The van der Waals surface area contributed by atoms with Gasteiger partial charge in [0.15, 0.2) is 0 Å². The van der Waals surface area contributed by atoms with E-state index in [0.29, 0.717) is 6.54 Å². The van der Waals surface area contributed by atoms with Crippen LogP contribution in [0.1, 0.15) is 16.7 Å². The number of hydrogen-bond donors (Lipinski definition) is 1. The lowest BCUT2D eigenvalue weighted by Gasteiger charge is -2.09. The fourth-order valence-electron chi connectivity index (χ4n) is 1.38. The minimum atomic E-state index is 0.279. The first kappa shape index (κ1) is 9.43. The Kier molecular flexibility index (Phi) is 2.96. The highest BCUT2D eigenvalue weighted by Gasteiger charge is 2.14. The summed E-state index contributed by atoms with van der Waals surface area (Å²) in [5.41, 5.74) is 5.71. The van der Waals surface area contributed by atoms with Crippen LogP contribution in [-0.4, -0.2) is 11.5 Å². The highest BCUT2D eigenvalue weighted by molar-refractivity contribution is 7.09. The second-order valence-electron chi connectivity index (χ2n) is 3.09. The van der Waals surface area contributed by atoms with E-state index in [1.807, 2.05) is 23.7 Å². The van der Waals surface area contributed by atoms with E-state index in [0.717, 1.165) is 17.2 Å². The molecule has 74 valence electrons. The van der Waals surface area contributed by atoms with Gasteiger partial charge in [0.25, 0.3) is 0 Å². The zero-order valence-electron chi connectivity index (χ0n) is 7.72. The first-order valence-electron chi connectivity index (χ1n) is 4.52. The third kappa shape index (κ3) is 2.02. The summed E-state index contributed by atoms with van der Waals surface area (Å²) in [4.78, 5) is 4.26. The lowest BCUT2D eigenvalue weighted by molar-refractivity contribution is 0.486. The molecular formula is C10H12N2OS. The Labute approximate surface area is 86.6 Å². The van der Waals surface area contributed by atoms with Crippen LogP contribution in [0.15, 0.2) is 34.4 Å². The van der Waals surface area contributed by atoms with Crippen LogP contribution < -0.4 is 5.73 Å². The number of furan rings is 1. The molecule has 0 radical (unpaired) electrons. The standard InChI is InChI=1S/C10H12N2OS/c11-7-8(10-12-3-5-14-10)6-9-2-1-4-13-9/h1-5,8H,6-7,11H2. The summed E-state index contributed by atoms with van der Waals surface area (Å²) in [6.07, 6.45) is 4.33. The lowest BCUT2D eigenvalue weighted by Crippen LogP contribution is -2.14. The summed E-state index contributed by atoms with van der Waals surface area (Å²) in [5.74, 6) is 1.25. The molecule has 0 amide bonds. The number of aromatic nitrogens is 1. The summed E-state index contributed by atoms with van der Waals surface area (Å²) in [6.45, 7) is 0.605. The first-order valence-corrected chi connectivity index (χ1v) is 5.40. The molecule has 0 aliphatic rings. The largest absolute Gasteiger partial charge is 0.469 e. The SMILES string of the molecule is NCC(Cc1ccco1)c1nccs1. The summed E-state index contributed by atoms with van der Waals surface area (Å²) < 4.78 is 5.29. The van der Waals surface area contributed by atoms with Crippen molar-refractivity contribution in [2.45, 2.75) is 12.3 Å². The van der Waals surface area contributed by atoms with Gasteiger partial charge in [-0.2, -0.15) is 0 Å². The smallest absolute Gasteiger partial charge is 0.104 e. The molecule has 0 aliphatic carbocycles. The number of nitrogens with two attached hydrogens (primary N) is 1. The van der Waals surface area contributed by atoms with E-state index >= 15 is 0 Å². The Morgan fingerprint density at radius 3 is 3.07 bits per heavy atom. The van der Waals surface area contributed by atoms with Crippen LogP contribution in [0.25, 0.3) is 0 Å². The molecule has 2 rings (SSSR count). The van der Waals surface area contributed by atoms with Crippen LogP contribution in [-0.2, 0) is 6.42 Å². The van der Waals surface area contributed by atoms with E-state index in [2.05, 4.69) is 4.98 Å². The molecule has 2 N–H and O–H groups in total. The van der Waals surface area contributed by atoms with E-state index in [9.17, 15) is 0 Å². The maximum atomic E-state index is 5.71. The average molecular weight is 208 g/mol. The maximum absolute atomic E-state index is 5.71. The minimum absolute atomic E-state index is 0.279. The molecule has 0 aliphatic heterocycles. The highest BCUT2D eigenvalue weighted by atomic mass is 32.1. The van der Waals surface area contributed by atoms with Crippen LogP contribution in [0.3, 0.4) is 0 Å². The molecule has 3 nitrogen and oxygen atoms in total. The molecule has 14 heavy (non-hydrogen) atoms. The molecule has 1 atom stereocenters. The number of hydrogen-bond acceptors (Lipinski definition) is 4. The number of thiazole rings is 1. The van der Waals surface area contributed by atoms with Crippen molar-refractivity contribution in [1.82, 2.24) is 4.98 Å². The van der Waals surface area contributed by atoms with Crippen LogP contribution in [0.2, 0.25) is 0 Å². The van der Waals surface area contributed by atoms with Crippen molar-refractivity contribution in [3.05, 3.63) is 40.7 Å². The molecular weight excluding hydrogens is 196 g/mol. The first-order chi connectivity index (χ1) is 6.90. The lowest BCUT2D eigenvalue weighted by atomic mass is 10.1. The van der Waals surface area contributed by atoms with Gasteiger partial charge < -0.3 is 10.2 Å². The van der Waals surface area contributed by atoms with E-state index in [1.165, 1.54) is 0 Å². The normalized spacial score (nSPS) is 12.9. The molecule has 0 aromatic carbocycles. The molecule has 0 spiro atoms. The van der Waals surface area contributed by atoms with Crippen molar-refractivity contribution in [2.75, 3.05) is 6.54 Å². The van der Waals surface area contributed by atoms with Crippen molar-refractivity contribution in [3.8, 4) is 0 Å². The summed E-state index contributed by atoms with van der Waals surface area (Å²) in [5, 5.41) is 3.06. The summed E-state index contributed by atoms with van der Waals surface area (Å²) in [6, 6.07) is 3.86. The van der Waals surface area contributed by atoms with E-state index < -0.39 is 0 Å². The van der Waals surface area contributed by atoms with Gasteiger partial charge in [0, 0.05) is 30.5 Å². The van der Waals surface area contributed by atoms with Gasteiger partial charge in [0.1, 0.15) is 5.76 Å². The molecule has 2 heterocycles. The molecule has 2 aromatic rings. The van der Waals surface area contributed by atoms with Gasteiger partial charge >= 0.3 is 0 Å². The predicted octanol–water partition coefficient (Wildman–Crippen LogP) is 2.02. The molecule has 1 unspecified atom stereocenters. The fourth-order valence-corrected chi connectivity index (χ4v) is 2.13. The van der Waals surface area contributed by atoms with E-state index in [1.54, 1.807) is 17.6 Å². The number of rotatable bonds is 4. The van der Waals surface area contributed by atoms with Crippen molar-refractivity contribution in [3.63, 3.8) is 0 Å². The van der Waals surface area contributed by atoms with Crippen molar-refractivity contribution in [1.29, 1.82) is 0 Å². The molecule has 0 bridgehead atoms. The zero-order valence-corrected chi connectivity index (χ0v) is 8.54. The molecule has 0 fully saturated rings. The Bertz CT molecular complexity index is 355. The van der Waals surface area contributed by atoms with E-state index in [-0.39, 0.29) is 5.92 Å². The van der Waals surface area contributed by atoms with E-state index in [4.69, 9.17) is 10.2 Å². The second-order valence-corrected chi connectivity index (χ2v) is 4.01.